The van der Waals surface area contributed by atoms with Crippen molar-refractivity contribution in [1.29, 1.82) is 0 Å². The molecule has 0 aliphatic carbocycles. The molecule has 0 saturated carbocycles. The normalized spacial score (nSPS) is 24.0. The molecule has 1 saturated heterocycles. The fraction of sp³-hybridized carbons (Fsp3) is 1.00. The molecule has 2 atom stereocenters. The topological polar surface area (TPSA) is 35.5 Å². The van der Waals surface area contributed by atoms with Crippen molar-refractivity contribution in [3.05, 3.63) is 0 Å². The number of nitrogens with one attached hydrogen (secondary N) is 1. The van der Waals surface area contributed by atoms with Gasteiger partial charge in [0.15, 0.2) is 0 Å². The molecule has 2 N–H and O–H groups in total. The first-order chi connectivity index (χ1) is 7.11. The van der Waals surface area contributed by atoms with Crippen LogP contribution in [0.25, 0.3) is 0 Å². The van der Waals surface area contributed by atoms with E-state index in [1.807, 2.05) is 0 Å². The maximum absolute atomic E-state index is 9.43. The van der Waals surface area contributed by atoms with Crippen molar-refractivity contribution in [3.8, 4) is 0 Å². The number of hydrogen-bond donors (Lipinski definition) is 2. The molecule has 1 aliphatic rings. The second-order valence-electron chi connectivity index (χ2n) is 5.05. The molecule has 0 bridgehead atoms. The fourth-order valence-electron chi connectivity index (χ4n) is 2.58. The summed E-state index contributed by atoms with van der Waals surface area (Å²) in [5, 5.41) is 12.8. The molecular weight excluding hydrogens is 188 g/mol. The van der Waals surface area contributed by atoms with Gasteiger partial charge in [0.1, 0.15) is 0 Å². The minimum Gasteiger partial charge on any atom is -0.394 e. The Hall–Kier alpha value is -0.120. The molecule has 3 heteroatoms. The van der Waals surface area contributed by atoms with Gasteiger partial charge in [-0.2, -0.15) is 0 Å². The summed E-state index contributed by atoms with van der Waals surface area (Å²) in [6.45, 7) is 10.1. The second-order valence-corrected chi connectivity index (χ2v) is 5.05. The van der Waals surface area contributed by atoms with Crippen molar-refractivity contribution in [2.24, 2.45) is 0 Å². The van der Waals surface area contributed by atoms with Crippen LogP contribution in [0.3, 0.4) is 0 Å². The summed E-state index contributed by atoms with van der Waals surface area (Å²) in [6.07, 6.45) is 3.69. The van der Waals surface area contributed by atoms with Crippen LogP contribution in [-0.4, -0.2) is 47.8 Å². The largest absolute Gasteiger partial charge is 0.394 e. The first-order valence-electron chi connectivity index (χ1n) is 6.21. The van der Waals surface area contributed by atoms with Crippen LogP contribution in [0.1, 0.15) is 40.0 Å². The van der Waals surface area contributed by atoms with E-state index in [9.17, 15) is 5.11 Å². The van der Waals surface area contributed by atoms with Crippen LogP contribution in [0.5, 0.6) is 0 Å². The Morgan fingerprint density at radius 3 is 2.47 bits per heavy atom. The van der Waals surface area contributed by atoms with E-state index in [1.165, 1.54) is 25.9 Å². The summed E-state index contributed by atoms with van der Waals surface area (Å²) in [7, 11) is 0. The van der Waals surface area contributed by atoms with Crippen LogP contribution >= 0.6 is 0 Å². The molecule has 0 amide bonds. The van der Waals surface area contributed by atoms with Crippen LogP contribution in [0.15, 0.2) is 0 Å². The average Bonchev–Trinajstić information content (AvgIpc) is 2.71. The van der Waals surface area contributed by atoms with Crippen molar-refractivity contribution in [3.63, 3.8) is 0 Å². The highest BCUT2D eigenvalue weighted by Crippen LogP contribution is 2.19. The Morgan fingerprint density at radius 1 is 1.40 bits per heavy atom. The number of likely N-dealkylation sites (tertiary alicyclic amines) is 1. The molecule has 1 heterocycles. The lowest BCUT2D eigenvalue weighted by molar-refractivity contribution is 0.127. The fourth-order valence-corrected chi connectivity index (χ4v) is 2.58. The van der Waals surface area contributed by atoms with Gasteiger partial charge in [-0.1, -0.05) is 6.92 Å². The van der Waals surface area contributed by atoms with E-state index in [0.717, 1.165) is 13.0 Å². The standard InChI is InChI=1S/C12H26N2O/c1-4-13-12(3,10-15)9-11(2)14-7-5-6-8-14/h11,13,15H,4-10H2,1-3H3. The van der Waals surface area contributed by atoms with Gasteiger partial charge in [-0.15, -0.1) is 0 Å². The summed E-state index contributed by atoms with van der Waals surface area (Å²) < 4.78 is 0. The number of likely N-dealkylation sites (N-methyl/N-ethyl adjacent to an activating group) is 1. The number of hydrogen-bond acceptors (Lipinski definition) is 3. The first-order valence-corrected chi connectivity index (χ1v) is 6.21. The molecule has 1 rings (SSSR count). The maximum atomic E-state index is 9.43. The smallest absolute Gasteiger partial charge is 0.0611 e. The van der Waals surface area contributed by atoms with Crippen LogP contribution in [-0.2, 0) is 0 Å². The Kier molecular flexibility index (Phi) is 5.03. The van der Waals surface area contributed by atoms with Crippen molar-refractivity contribution < 1.29 is 5.11 Å². The first kappa shape index (κ1) is 12.9. The molecule has 0 radical (unpaired) electrons. The summed E-state index contributed by atoms with van der Waals surface area (Å²) in [5.74, 6) is 0. The summed E-state index contributed by atoms with van der Waals surface area (Å²) in [5.41, 5.74) is -0.114. The Bertz CT molecular complexity index is 180. The lowest BCUT2D eigenvalue weighted by Gasteiger charge is -2.35. The zero-order chi connectivity index (χ0) is 11.3. The van der Waals surface area contributed by atoms with E-state index < -0.39 is 0 Å². The van der Waals surface area contributed by atoms with Crippen LogP contribution in [0, 0.1) is 0 Å². The van der Waals surface area contributed by atoms with Gasteiger partial charge < -0.3 is 15.3 Å². The lowest BCUT2D eigenvalue weighted by Crippen LogP contribution is -2.50. The predicted octanol–water partition coefficient (Wildman–Crippen LogP) is 1.22. The highest BCUT2D eigenvalue weighted by molar-refractivity contribution is 4.87. The quantitative estimate of drug-likeness (QED) is 0.698. The van der Waals surface area contributed by atoms with E-state index in [2.05, 4.69) is 31.0 Å². The van der Waals surface area contributed by atoms with Crippen molar-refractivity contribution in [1.82, 2.24) is 10.2 Å². The van der Waals surface area contributed by atoms with Gasteiger partial charge in [-0.25, -0.2) is 0 Å². The Morgan fingerprint density at radius 2 is 2.00 bits per heavy atom. The average molecular weight is 214 g/mol. The minimum absolute atomic E-state index is 0.114. The third-order valence-corrected chi connectivity index (χ3v) is 3.46. The number of nitrogens with zero attached hydrogens (tertiary/aromatic N) is 1. The molecule has 0 aromatic carbocycles. The molecule has 1 fully saturated rings. The predicted molar refractivity (Wildman–Crippen MR) is 64.1 cm³/mol. The summed E-state index contributed by atoms with van der Waals surface area (Å²) >= 11 is 0. The number of rotatable bonds is 6. The van der Waals surface area contributed by atoms with Gasteiger partial charge in [-0.3, -0.25) is 0 Å². The third-order valence-electron chi connectivity index (χ3n) is 3.46. The van der Waals surface area contributed by atoms with Crippen molar-refractivity contribution in [2.45, 2.75) is 51.6 Å². The highest BCUT2D eigenvalue weighted by Gasteiger charge is 2.28. The molecule has 15 heavy (non-hydrogen) atoms. The van der Waals surface area contributed by atoms with Gasteiger partial charge in [-0.05, 0) is 52.7 Å². The molecule has 0 aromatic rings. The monoisotopic (exact) mass is 214 g/mol. The second kappa shape index (κ2) is 5.83. The van der Waals surface area contributed by atoms with Crippen LogP contribution in [0.4, 0.5) is 0 Å². The van der Waals surface area contributed by atoms with Crippen LogP contribution < -0.4 is 5.32 Å². The zero-order valence-electron chi connectivity index (χ0n) is 10.4. The van der Waals surface area contributed by atoms with E-state index in [4.69, 9.17) is 0 Å². The van der Waals surface area contributed by atoms with E-state index >= 15 is 0 Å². The van der Waals surface area contributed by atoms with Gasteiger partial charge in [0.25, 0.3) is 0 Å². The lowest BCUT2D eigenvalue weighted by atomic mass is 9.94. The number of aliphatic hydroxyl groups is 1. The van der Waals surface area contributed by atoms with Gasteiger partial charge >= 0.3 is 0 Å². The highest BCUT2D eigenvalue weighted by atomic mass is 16.3. The molecule has 90 valence electrons. The maximum Gasteiger partial charge on any atom is 0.0611 e. The summed E-state index contributed by atoms with van der Waals surface area (Å²) in [4.78, 5) is 2.53. The summed E-state index contributed by atoms with van der Waals surface area (Å²) in [6, 6.07) is 0.573. The Balaban J connectivity index is 2.42. The molecular formula is C12H26N2O. The molecule has 1 aliphatic heterocycles. The minimum atomic E-state index is -0.114. The Labute approximate surface area is 93.9 Å². The van der Waals surface area contributed by atoms with E-state index in [1.54, 1.807) is 0 Å². The van der Waals surface area contributed by atoms with Crippen molar-refractivity contribution in [2.75, 3.05) is 26.2 Å². The zero-order valence-corrected chi connectivity index (χ0v) is 10.4. The van der Waals surface area contributed by atoms with Gasteiger partial charge in [0.05, 0.1) is 6.61 Å². The molecule has 0 spiro atoms. The van der Waals surface area contributed by atoms with E-state index in [0.29, 0.717) is 6.04 Å². The molecule has 0 aromatic heterocycles. The third kappa shape index (κ3) is 3.74. The SMILES string of the molecule is CCNC(C)(CO)CC(C)N1CCCC1. The number of aliphatic hydroxyl groups excluding tert-OH is 1. The van der Waals surface area contributed by atoms with Crippen molar-refractivity contribution >= 4 is 0 Å². The molecule has 2 unspecified atom stereocenters. The molecule has 3 nitrogen and oxygen atoms in total. The van der Waals surface area contributed by atoms with E-state index in [-0.39, 0.29) is 12.1 Å². The van der Waals surface area contributed by atoms with Gasteiger partial charge in [0.2, 0.25) is 0 Å². The van der Waals surface area contributed by atoms with Gasteiger partial charge in [0, 0.05) is 11.6 Å². The van der Waals surface area contributed by atoms with Crippen LogP contribution in [0.2, 0.25) is 0 Å².